The Bertz CT molecular complexity index is 2470. The smallest absolute Gasteiger partial charge is 0.0468 e. The van der Waals surface area contributed by atoms with E-state index >= 15 is 0 Å². The molecule has 0 aliphatic heterocycles. The number of rotatable bonds is 7. The monoisotopic (exact) mass is 649 g/mol. The highest BCUT2D eigenvalue weighted by Gasteiger charge is 2.17. The summed E-state index contributed by atoms with van der Waals surface area (Å²) in [5.41, 5.74) is 13.0. The number of fused-ring (bicyclic) bond motifs is 2. The Labute approximate surface area is 299 Å². The fraction of sp³-hybridized carbons (Fsp3) is 0. The number of hydrogen-bond donors (Lipinski definition) is 0. The second-order valence-corrected chi connectivity index (χ2v) is 12.9. The first-order valence-corrected chi connectivity index (χ1v) is 17.5. The third-order valence-corrected chi connectivity index (χ3v) is 9.88. The minimum atomic E-state index is 1.10. The molecular weight excluding hydrogens is 615 g/mol. The molecule has 9 aromatic carbocycles. The van der Waals surface area contributed by atoms with Crippen molar-refractivity contribution >= 4 is 38.6 Å². The van der Waals surface area contributed by atoms with Gasteiger partial charge in [0.25, 0.3) is 0 Å². The Morgan fingerprint density at radius 1 is 0.235 bits per heavy atom. The molecule has 0 heterocycles. The molecule has 1 heteroatoms. The summed E-state index contributed by atoms with van der Waals surface area (Å²) in [7, 11) is 0. The number of hydrogen-bond acceptors (Lipinski definition) is 1. The van der Waals surface area contributed by atoms with Crippen LogP contribution in [0.1, 0.15) is 0 Å². The topological polar surface area (TPSA) is 3.24 Å². The van der Waals surface area contributed by atoms with E-state index in [1.807, 2.05) is 0 Å². The van der Waals surface area contributed by atoms with Crippen molar-refractivity contribution in [2.75, 3.05) is 4.90 Å². The molecule has 0 fully saturated rings. The van der Waals surface area contributed by atoms with Crippen molar-refractivity contribution in [3.8, 4) is 44.5 Å². The molecule has 1 nitrogen and oxygen atoms in total. The van der Waals surface area contributed by atoms with Gasteiger partial charge in [0.05, 0.1) is 0 Å². The van der Waals surface area contributed by atoms with Crippen LogP contribution in [0.25, 0.3) is 66.1 Å². The lowest BCUT2D eigenvalue weighted by atomic mass is 9.93. The minimum Gasteiger partial charge on any atom is -0.310 e. The summed E-state index contributed by atoms with van der Waals surface area (Å²) in [6, 6.07) is 76.6. The van der Waals surface area contributed by atoms with E-state index in [9.17, 15) is 0 Å². The van der Waals surface area contributed by atoms with Crippen LogP contribution in [-0.2, 0) is 0 Å². The van der Waals surface area contributed by atoms with Gasteiger partial charge in [-0.05, 0) is 102 Å². The zero-order chi connectivity index (χ0) is 34.0. The van der Waals surface area contributed by atoms with Crippen LogP contribution < -0.4 is 4.90 Å². The minimum absolute atomic E-state index is 1.10. The average Bonchev–Trinajstić information content (AvgIpc) is 3.22. The Balaban J connectivity index is 1.19. The summed E-state index contributed by atoms with van der Waals surface area (Å²) in [4.78, 5) is 2.38. The van der Waals surface area contributed by atoms with Crippen LogP contribution in [0.2, 0.25) is 0 Å². The number of anilines is 3. The SMILES string of the molecule is c1ccc(-c2ccc(N(c3ccc(-c4cccc5ccccc45)cc3)c3ccc(-c4cccc5ccccc45)cc3)cc2-c2ccccc2)cc1. The molecular formula is C50H35N. The highest BCUT2D eigenvalue weighted by Crippen LogP contribution is 2.42. The molecule has 0 saturated heterocycles. The van der Waals surface area contributed by atoms with Gasteiger partial charge in [-0.15, -0.1) is 0 Å². The van der Waals surface area contributed by atoms with Crippen LogP contribution in [0.4, 0.5) is 17.1 Å². The van der Waals surface area contributed by atoms with Crippen molar-refractivity contribution in [2.45, 2.75) is 0 Å². The largest absolute Gasteiger partial charge is 0.310 e. The van der Waals surface area contributed by atoms with Crippen molar-refractivity contribution < 1.29 is 0 Å². The van der Waals surface area contributed by atoms with E-state index in [-0.39, 0.29) is 0 Å². The van der Waals surface area contributed by atoms with Crippen molar-refractivity contribution in [1.29, 1.82) is 0 Å². The highest BCUT2D eigenvalue weighted by atomic mass is 15.1. The van der Waals surface area contributed by atoms with E-state index in [1.165, 1.54) is 66.1 Å². The van der Waals surface area contributed by atoms with Gasteiger partial charge < -0.3 is 4.90 Å². The van der Waals surface area contributed by atoms with Gasteiger partial charge >= 0.3 is 0 Å². The number of nitrogens with zero attached hydrogens (tertiary/aromatic N) is 1. The zero-order valence-corrected chi connectivity index (χ0v) is 28.2. The average molecular weight is 650 g/mol. The van der Waals surface area contributed by atoms with Gasteiger partial charge in [0, 0.05) is 17.1 Å². The van der Waals surface area contributed by atoms with Gasteiger partial charge in [0.1, 0.15) is 0 Å². The second kappa shape index (κ2) is 13.3. The summed E-state index contributed by atoms with van der Waals surface area (Å²) in [5, 5.41) is 5.02. The van der Waals surface area contributed by atoms with E-state index in [0.717, 1.165) is 17.1 Å². The van der Waals surface area contributed by atoms with E-state index in [4.69, 9.17) is 0 Å². The Morgan fingerprint density at radius 2 is 0.627 bits per heavy atom. The third-order valence-electron chi connectivity index (χ3n) is 9.88. The third kappa shape index (κ3) is 5.86. The molecule has 0 radical (unpaired) electrons. The molecule has 0 spiro atoms. The Morgan fingerprint density at radius 3 is 1.14 bits per heavy atom. The van der Waals surface area contributed by atoms with Gasteiger partial charge in [-0.3, -0.25) is 0 Å². The lowest BCUT2D eigenvalue weighted by Gasteiger charge is -2.27. The van der Waals surface area contributed by atoms with Crippen molar-refractivity contribution in [3.63, 3.8) is 0 Å². The van der Waals surface area contributed by atoms with E-state index < -0.39 is 0 Å². The summed E-state index contributed by atoms with van der Waals surface area (Å²) >= 11 is 0. The molecule has 9 rings (SSSR count). The van der Waals surface area contributed by atoms with Crippen LogP contribution in [0, 0.1) is 0 Å². The molecule has 0 amide bonds. The standard InChI is InChI=1S/C50H35N/c1-3-13-36(14-4-1)49-34-33-44(35-50(49)39-15-5-2-6-16-39)51(42-29-25-40(26-30-42)47-23-11-19-37-17-7-9-21-45(37)47)43-31-27-41(28-32-43)48-24-12-20-38-18-8-10-22-46(38)48/h1-35H. The van der Waals surface area contributed by atoms with Crippen LogP contribution in [0.3, 0.4) is 0 Å². The van der Waals surface area contributed by atoms with Crippen molar-refractivity contribution in [3.05, 3.63) is 212 Å². The molecule has 240 valence electrons. The molecule has 51 heavy (non-hydrogen) atoms. The summed E-state index contributed by atoms with van der Waals surface area (Å²) in [6.45, 7) is 0. The van der Waals surface area contributed by atoms with Crippen LogP contribution >= 0.6 is 0 Å². The molecule has 0 bridgehead atoms. The molecule has 0 aromatic heterocycles. The lowest BCUT2D eigenvalue weighted by molar-refractivity contribution is 1.28. The van der Waals surface area contributed by atoms with Crippen LogP contribution in [0.5, 0.6) is 0 Å². The Kier molecular flexibility index (Phi) is 7.92. The molecule has 9 aromatic rings. The molecule has 0 saturated carbocycles. The van der Waals surface area contributed by atoms with Crippen LogP contribution in [0.15, 0.2) is 212 Å². The molecule has 0 atom stereocenters. The predicted octanol–water partition coefficient (Wildman–Crippen LogP) is 14.1. The van der Waals surface area contributed by atoms with Crippen LogP contribution in [-0.4, -0.2) is 0 Å². The molecule has 0 aliphatic carbocycles. The van der Waals surface area contributed by atoms with Crippen molar-refractivity contribution in [1.82, 2.24) is 0 Å². The number of benzene rings is 9. The van der Waals surface area contributed by atoms with Crippen molar-refractivity contribution in [2.24, 2.45) is 0 Å². The first kappa shape index (κ1) is 30.4. The second-order valence-electron chi connectivity index (χ2n) is 12.9. The fourth-order valence-electron chi connectivity index (χ4n) is 7.38. The van der Waals surface area contributed by atoms with Gasteiger partial charge in [-0.25, -0.2) is 0 Å². The summed E-state index contributed by atoms with van der Waals surface area (Å²) < 4.78 is 0. The quantitative estimate of drug-likeness (QED) is 0.166. The first-order chi connectivity index (χ1) is 25.3. The van der Waals surface area contributed by atoms with E-state index in [0.29, 0.717) is 0 Å². The normalized spacial score (nSPS) is 11.1. The molecule has 0 aliphatic rings. The molecule has 0 unspecified atom stereocenters. The lowest BCUT2D eigenvalue weighted by Crippen LogP contribution is -2.10. The maximum absolute atomic E-state index is 2.38. The van der Waals surface area contributed by atoms with E-state index in [2.05, 4.69) is 217 Å². The maximum Gasteiger partial charge on any atom is 0.0468 e. The fourth-order valence-corrected chi connectivity index (χ4v) is 7.38. The predicted molar refractivity (Wildman–Crippen MR) is 218 cm³/mol. The zero-order valence-electron chi connectivity index (χ0n) is 28.2. The summed E-state index contributed by atoms with van der Waals surface area (Å²) in [5.74, 6) is 0. The van der Waals surface area contributed by atoms with Gasteiger partial charge in [0.15, 0.2) is 0 Å². The van der Waals surface area contributed by atoms with Gasteiger partial charge in [-0.1, -0.05) is 176 Å². The highest BCUT2D eigenvalue weighted by molar-refractivity contribution is 5.98. The Hall–Kier alpha value is -6.70. The first-order valence-electron chi connectivity index (χ1n) is 17.5. The maximum atomic E-state index is 2.38. The summed E-state index contributed by atoms with van der Waals surface area (Å²) in [6.07, 6.45) is 0. The molecule has 0 N–H and O–H groups in total. The van der Waals surface area contributed by atoms with Gasteiger partial charge in [-0.2, -0.15) is 0 Å². The van der Waals surface area contributed by atoms with Gasteiger partial charge in [0.2, 0.25) is 0 Å². The van der Waals surface area contributed by atoms with E-state index in [1.54, 1.807) is 0 Å².